The number of rotatable bonds is 4. The molecule has 0 aromatic heterocycles. The second kappa shape index (κ2) is 6.85. The fraction of sp³-hybridized carbons (Fsp3) is 0.545. The first kappa shape index (κ1) is 17.4. The summed E-state index contributed by atoms with van der Waals surface area (Å²) in [5.74, 6) is 1.39. The van der Waals surface area contributed by atoms with Crippen molar-refractivity contribution >= 4 is 10.8 Å². The number of aliphatic hydroxyl groups is 2. The quantitative estimate of drug-likeness (QED) is 0.855. The predicted octanol–water partition coefficient (Wildman–Crippen LogP) is 4.70. The average molecular weight is 326 g/mol. The van der Waals surface area contributed by atoms with Crippen molar-refractivity contribution in [3.05, 3.63) is 47.5 Å². The van der Waals surface area contributed by atoms with Crippen LogP contribution in [0.3, 0.4) is 0 Å². The molecule has 1 saturated carbocycles. The zero-order chi connectivity index (χ0) is 17.3. The van der Waals surface area contributed by atoms with Crippen LogP contribution < -0.4 is 0 Å². The van der Waals surface area contributed by atoms with Gasteiger partial charge in [0.1, 0.15) is 0 Å². The van der Waals surface area contributed by atoms with E-state index in [0.717, 1.165) is 29.2 Å². The lowest BCUT2D eigenvalue weighted by Crippen LogP contribution is -2.47. The summed E-state index contributed by atoms with van der Waals surface area (Å²) in [6.45, 7) is 6.75. The van der Waals surface area contributed by atoms with Crippen LogP contribution in [0.1, 0.15) is 51.2 Å². The Balaban J connectivity index is 2.04. The Morgan fingerprint density at radius 1 is 1.08 bits per heavy atom. The van der Waals surface area contributed by atoms with Gasteiger partial charge in [0.05, 0.1) is 12.2 Å². The second-order valence-corrected chi connectivity index (χ2v) is 8.11. The molecule has 0 bridgehead atoms. The van der Waals surface area contributed by atoms with Gasteiger partial charge in [-0.15, -0.1) is 0 Å². The Bertz CT molecular complexity index is 701. The van der Waals surface area contributed by atoms with Crippen LogP contribution in [0.2, 0.25) is 0 Å². The third-order valence-electron chi connectivity index (χ3n) is 5.91. The Kier molecular flexibility index (Phi) is 4.98. The van der Waals surface area contributed by atoms with E-state index in [0.29, 0.717) is 24.2 Å². The topological polar surface area (TPSA) is 40.5 Å². The Labute approximate surface area is 145 Å². The molecule has 2 aromatic carbocycles. The molecule has 1 fully saturated rings. The third kappa shape index (κ3) is 3.22. The van der Waals surface area contributed by atoms with Crippen molar-refractivity contribution in [1.82, 2.24) is 0 Å². The predicted molar refractivity (Wildman–Crippen MR) is 99.9 cm³/mol. The van der Waals surface area contributed by atoms with Crippen LogP contribution in [0.4, 0.5) is 0 Å². The van der Waals surface area contributed by atoms with Crippen molar-refractivity contribution in [3.8, 4) is 0 Å². The highest BCUT2D eigenvalue weighted by atomic mass is 16.3. The molecule has 0 saturated heterocycles. The maximum atomic E-state index is 11.6. The van der Waals surface area contributed by atoms with Crippen LogP contribution in [0.15, 0.2) is 36.4 Å². The summed E-state index contributed by atoms with van der Waals surface area (Å²) < 4.78 is 0. The lowest BCUT2D eigenvalue weighted by molar-refractivity contribution is -0.0793. The average Bonchev–Trinajstić information content (AvgIpc) is 2.53. The molecule has 3 atom stereocenters. The first-order chi connectivity index (χ1) is 11.4. The van der Waals surface area contributed by atoms with Gasteiger partial charge in [0.15, 0.2) is 0 Å². The molecule has 1 aliphatic rings. The third-order valence-corrected chi connectivity index (χ3v) is 5.91. The normalized spacial score (nSPS) is 27.8. The van der Waals surface area contributed by atoms with E-state index in [-0.39, 0.29) is 6.61 Å². The smallest absolute Gasteiger partial charge is 0.0721 e. The first-order valence-electron chi connectivity index (χ1n) is 9.27. The summed E-state index contributed by atoms with van der Waals surface area (Å²) in [6, 6.07) is 12.3. The molecule has 0 spiro atoms. The highest BCUT2D eigenvalue weighted by Gasteiger charge is 2.42. The highest BCUT2D eigenvalue weighted by molar-refractivity contribution is 5.89. The second-order valence-electron chi connectivity index (χ2n) is 8.11. The number of benzene rings is 2. The molecule has 3 rings (SSSR count). The molecular weight excluding hydrogens is 296 g/mol. The van der Waals surface area contributed by atoms with Gasteiger partial charge in [-0.3, -0.25) is 0 Å². The largest absolute Gasteiger partial charge is 0.392 e. The number of hydrogen-bond donors (Lipinski definition) is 2. The van der Waals surface area contributed by atoms with Crippen molar-refractivity contribution in [2.24, 2.45) is 17.8 Å². The van der Waals surface area contributed by atoms with Crippen LogP contribution in [0, 0.1) is 17.8 Å². The Morgan fingerprint density at radius 2 is 1.75 bits per heavy atom. The van der Waals surface area contributed by atoms with Crippen LogP contribution >= 0.6 is 0 Å². The zero-order valence-corrected chi connectivity index (χ0v) is 15.1. The molecule has 2 aromatic rings. The van der Waals surface area contributed by atoms with Gasteiger partial charge in [0, 0.05) is 6.42 Å². The maximum absolute atomic E-state index is 11.6. The molecule has 2 N–H and O–H groups in total. The minimum atomic E-state index is -0.650. The summed E-state index contributed by atoms with van der Waals surface area (Å²) in [5, 5.41) is 23.6. The van der Waals surface area contributed by atoms with Crippen LogP contribution in [0.5, 0.6) is 0 Å². The number of fused-ring (bicyclic) bond motifs is 1. The standard InChI is InChI=1S/C22H30O2/c1-15(2)20-11-10-16(3)12-22(20,24)13-18-8-4-6-17-7-5-9-19(14-23)21(17)18/h4-9,15-16,20,23-24H,10-14H2,1-3H3/t16-,20+,22-/m1/s1. The molecule has 130 valence electrons. The van der Waals surface area contributed by atoms with E-state index >= 15 is 0 Å². The summed E-state index contributed by atoms with van der Waals surface area (Å²) in [5.41, 5.74) is 1.47. The van der Waals surface area contributed by atoms with Crippen molar-refractivity contribution in [2.75, 3.05) is 0 Å². The van der Waals surface area contributed by atoms with Gasteiger partial charge in [0.2, 0.25) is 0 Å². The molecule has 2 heteroatoms. The summed E-state index contributed by atoms with van der Waals surface area (Å²) in [6.07, 6.45) is 3.86. The van der Waals surface area contributed by atoms with Crippen molar-refractivity contribution in [3.63, 3.8) is 0 Å². The zero-order valence-electron chi connectivity index (χ0n) is 15.1. The van der Waals surface area contributed by atoms with Gasteiger partial charge < -0.3 is 10.2 Å². The Hall–Kier alpha value is -1.38. The maximum Gasteiger partial charge on any atom is 0.0721 e. The first-order valence-corrected chi connectivity index (χ1v) is 9.27. The summed E-state index contributed by atoms with van der Waals surface area (Å²) >= 11 is 0. The molecule has 0 amide bonds. The molecule has 0 unspecified atom stereocenters. The van der Waals surface area contributed by atoms with E-state index in [1.54, 1.807) is 0 Å². The van der Waals surface area contributed by atoms with Crippen molar-refractivity contribution in [2.45, 2.75) is 58.7 Å². The van der Waals surface area contributed by atoms with E-state index < -0.39 is 5.60 Å². The number of hydrogen-bond acceptors (Lipinski definition) is 2. The summed E-state index contributed by atoms with van der Waals surface area (Å²) in [7, 11) is 0. The van der Waals surface area contributed by atoms with E-state index in [1.165, 1.54) is 12.0 Å². The van der Waals surface area contributed by atoms with Crippen molar-refractivity contribution < 1.29 is 10.2 Å². The van der Waals surface area contributed by atoms with Crippen molar-refractivity contribution in [1.29, 1.82) is 0 Å². The van der Waals surface area contributed by atoms with Gasteiger partial charge in [-0.1, -0.05) is 63.6 Å². The molecule has 0 aliphatic heterocycles. The molecule has 1 aliphatic carbocycles. The van der Waals surface area contributed by atoms with Crippen LogP contribution in [0.25, 0.3) is 10.8 Å². The monoisotopic (exact) mass is 326 g/mol. The fourth-order valence-corrected chi connectivity index (χ4v) is 4.86. The number of aliphatic hydroxyl groups excluding tert-OH is 1. The lowest BCUT2D eigenvalue weighted by atomic mass is 9.64. The van der Waals surface area contributed by atoms with Gasteiger partial charge in [-0.2, -0.15) is 0 Å². The summed E-state index contributed by atoms with van der Waals surface area (Å²) in [4.78, 5) is 0. The lowest BCUT2D eigenvalue weighted by Gasteiger charge is -2.45. The van der Waals surface area contributed by atoms with E-state index in [2.05, 4.69) is 45.0 Å². The fourth-order valence-electron chi connectivity index (χ4n) is 4.86. The minimum Gasteiger partial charge on any atom is -0.392 e. The molecule has 2 nitrogen and oxygen atoms in total. The molecular formula is C22H30O2. The van der Waals surface area contributed by atoms with Gasteiger partial charge in [-0.05, 0) is 52.5 Å². The van der Waals surface area contributed by atoms with Gasteiger partial charge >= 0.3 is 0 Å². The van der Waals surface area contributed by atoms with E-state index in [1.807, 2.05) is 12.1 Å². The highest BCUT2D eigenvalue weighted by Crippen LogP contribution is 2.43. The van der Waals surface area contributed by atoms with Gasteiger partial charge in [-0.25, -0.2) is 0 Å². The van der Waals surface area contributed by atoms with E-state index in [9.17, 15) is 10.2 Å². The van der Waals surface area contributed by atoms with Gasteiger partial charge in [0.25, 0.3) is 0 Å². The minimum absolute atomic E-state index is 0.0385. The molecule has 0 heterocycles. The molecule has 0 radical (unpaired) electrons. The Morgan fingerprint density at radius 3 is 2.38 bits per heavy atom. The SMILES string of the molecule is CC(C)[C@@H]1CC[C@@H](C)C[C@@]1(O)Cc1cccc2cccc(CO)c12. The van der Waals surface area contributed by atoms with Crippen LogP contribution in [-0.4, -0.2) is 15.8 Å². The van der Waals surface area contributed by atoms with Crippen LogP contribution in [-0.2, 0) is 13.0 Å². The van der Waals surface area contributed by atoms with E-state index in [4.69, 9.17) is 0 Å². The molecule has 24 heavy (non-hydrogen) atoms.